The Balaban J connectivity index is 1.87. The van der Waals surface area contributed by atoms with Crippen LogP contribution in [0.5, 0.6) is 0 Å². The van der Waals surface area contributed by atoms with Crippen LogP contribution >= 0.6 is 27.3 Å². The lowest BCUT2D eigenvalue weighted by Gasteiger charge is -2.34. The molecule has 0 spiro atoms. The maximum absolute atomic E-state index is 11.9. The molecule has 1 unspecified atom stereocenters. The molecule has 3 nitrogen and oxygen atoms in total. The monoisotopic (exact) mass is 316 g/mol. The van der Waals surface area contributed by atoms with Gasteiger partial charge in [-0.2, -0.15) is 0 Å². The third-order valence-electron chi connectivity index (χ3n) is 3.16. The van der Waals surface area contributed by atoms with Gasteiger partial charge < -0.3 is 10.6 Å². The van der Waals surface area contributed by atoms with Gasteiger partial charge in [-0.15, -0.1) is 11.3 Å². The molecule has 1 fully saturated rings. The van der Waals surface area contributed by atoms with Crippen LogP contribution in [-0.4, -0.2) is 25.5 Å². The standard InChI is InChI=1S/C12H17BrN2OS/c1-12(5-2-6-14-7-12)8-15-11(16)9-3-4-10(13)17-9/h3-4,14H,2,5-8H2,1H3,(H,15,16). The molecule has 0 aliphatic carbocycles. The molecule has 2 N–H and O–H groups in total. The van der Waals surface area contributed by atoms with Crippen molar-refractivity contribution in [2.45, 2.75) is 19.8 Å². The normalized spacial score (nSPS) is 24.6. The Morgan fingerprint density at radius 1 is 1.65 bits per heavy atom. The second-order valence-electron chi connectivity index (χ2n) is 4.88. The third-order valence-corrected chi connectivity index (χ3v) is 4.78. The minimum atomic E-state index is 0.0347. The van der Waals surface area contributed by atoms with Crippen LogP contribution in [0.15, 0.2) is 15.9 Å². The molecule has 2 heterocycles. The number of carbonyl (C=O) groups is 1. The van der Waals surface area contributed by atoms with Gasteiger partial charge >= 0.3 is 0 Å². The van der Waals surface area contributed by atoms with E-state index in [4.69, 9.17) is 0 Å². The smallest absolute Gasteiger partial charge is 0.261 e. The number of hydrogen-bond donors (Lipinski definition) is 2. The summed E-state index contributed by atoms with van der Waals surface area (Å²) in [6.45, 7) is 5.06. The summed E-state index contributed by atoms with van der Waals surface area (Å²) in [7, 11) is 0. The Hall–Kier alpha value is -0.390. The Morgan fingerprint density at radius 2 is 2.47 bits per heavy atom. The molecule has 5 heteroatoms. The summed E-state index contributed by atoms with van der Waals surface area (Å²) in [5.74, 6) is 0.0347. The van der Waals surface area contributed by atoms with Gasteiger partial charge in [-0.3, -0.25) is 4.79 Å². The maximum Gasteiger partial charge on any atom is 0.261 e. The van der Waals surface area contributed by atoms with Crippen molar-refractivity contribution in [1.82, 2.24) is 10.6 Å². The molecule has 0 aromatic carbocycles. The van der Waals surface area contributed by atoms with E-state index in [0.717, 1.165) is 28.3 Å². The summed E-state index contributed by atoms with van der Waals surface area (Å²) in [5, 5.41) is 6.42. The first-order valence-corrected chi connectivity index (χ1v) is 7.44. The predicted molar refractivity (Wildman–Crippen MR) is 74.6 cm³/mol. The first kappa shape index (κ1) is 13.1. The summed E-state index contributed by atoms with van der Waals surface area (Å²) >= 11 is 4.84. The van der Waals surface area contributed by atoms with E-state index in [-0.39, 0.29) is 11.3 Å². The largest absolute Gasteiger partial charge is 0.351 e. The first-order valence-electron chi connectivity index (χ1n) is 5.83. The number of carbonyl (C=O) groups excluding carboxylic acids is 1. The fraction of sp³-hybridized carbons (Fsp3) is 0.583. The van der Waals surface area contributed by atoms with E-state index in [1.54, 1.807) is 0 Å². The summed E-state index contributed by atoms with van der Waals surface area (Å²) in [6.07, 6.45) is 2.37. The zero-order chi connectivity index (χ0) is 12.3. The Labute approximate surface area is 114 Å². The van der Waals surface area contributed by atoms with Crippen molar-refractivity contribution in [3.63, 3.8) is 0 Å². The highest BCUT2D eigenvalue weighted by Crippen LogP contribution is 2.25. The molecule has 94 valence electrons. The van der Waals surface area contributed by atoms with Crippen LogP contribution in [0.1, 0.15) is 29.4 Å². The lowest BCUT2D eigenvalue weighted by Crippen LogP contribution is -2.45. The third kappa shape index (κ3) is 3.53. The molecule has 2 rings (SSSR count). The van der Waals surface area contributed by atoms with E-state index in [2.05, 4.69) is 33.5 Å². The number of amides is 1. The van der Waals surface area contributed by atoms with Gasteiger partial charge in [0.15, 0.2) is 0 Å². The highest BCUT2D eigenvalue weighted by atomic mass is 79.9. The molecule has 0 radical (unpaired) electrons. The van der Waals surface area contributed by atoms with E-state index >= 15 is 0 Å². The summed E-state index contributed by atoms with van der Waals surface area (Å²) < 4.78 is 0.994. The highest BCUT2D eigenvalue weighted by Gasteiger charge is 2.27. The molecule has 1 amide bonds. The molecular weight excluding hydrogens is 300 g/mol. The van der Waals surface area contributed by atoms with Crippen molar-refractivity contribution < 1.29 is 4.79 Å². The second-order valence-corrected chi connectivity index (χ2v) is 7.34. The minimum Gasteiger partial charge on any atom is -0.351 e. The summed E-state index contributed by atoms with van der Waals surface area (Å²) in [6, 6.07) is 3.76. The molecular formula is C12H17BrN2OS. The predicted octanol–water partition coefficient (Wildman–Crippen LogP) is 2.63. The average Bonchev–Trinajstić information content (AvgIpc) is 2.74. The molecule has 1 aliphatic heterocycles. The quantitative estimate of drug-likeness (QED) is 0.900. The van der Waals surface area contributed by atoms with Gasteiger partial charge in [-0.1, -0.05) is 6.92 Å². The van der Waals surface area contributed by atoms with Crippen LogP contribution in [0.25, 0.3) is 0 Å². The van der Waals surface area contributed by atoms with E-state index in [1.165, 1.54) is 24.2 Å². The van der Waals surface area contributed by atoms with Crippen LogP contribution in [0.4, 0.5) is 0 Å². The van der Waals surface area contributed by atoms with Gasteiger partial charge in [0.25, 0.3) is 5.91 Å². The van der Waals surface area contributed by atoms with Crippen LogP contribution in [0.3, 0.4) is 0 Å². The van der Waals surface area contributed by atoms with Gasteiger partial charge in [0.1, 0.15) is 0 Å². The minimum absolute atomic E-state index is 0.0347. The van der Waals surface area contributed by atoms with Crippen LogP contribution in [-0.2, 0) is 0 Å². The maximum atomic E-state index is 11.9. The second kappa shape index (κ2) is 5.50. The topological polar surface area (TPSA) is 41.1 Å². The number of nitrogens with one attached hydrogen (secondary N) is 2. The fourth-order valence-corrected chi connectivity index (χ4v) is 3.39. The molecule has 0 bridgehead atoms. The first-order chi connectivity index (χ1) is 8.09. The molecule has 1 aliphatic rings. The fourth-order valence-electron chi connectivity index (χ4n) is 2.09. The molecule has 1 atom stereocenters. The van der Waals surface area contributed by atoms with Crippen LogP contribution in [0, 0.1) is 5.41 Å². The number of halogens is 1. The Kier molecular flexibility index (Phi) is 4.22. The Bertz CT molecular complexity index is 399. The van der Waals surface area contributed by atoms with Crippen molar-refractivity contribution in [1.29, 1.82) is 0 Å². The number of rotatable bonds is 3. The molecule has 1 aromatic rings. The van der Waals surface area contributed by atoms with Crippen molar-refractivity contribution >= 4 is 33.2 Å². The summed E-state index contributed by atoms with van der Waals surface area (Å²) in [5.41, 5.74) is 0.197. The van der Waals surface area contributed by atoms with Crippen molar-refractivity contribution in [3.8, 4) is 0 Å². The van der Waals surface area contributed by atoms with E-state index in [0.29, 0.717) is 0 Å². The summed E-state index contributed by atoms with van der Waals surface area (Å²) in [4.78, 5) is 12.7. The Morgan fingerprint density at radius 3 is 3.06 bits per heavy atom. The van der Waals surface area contributed by atoms with Gasteiger partial charge in [0.2, 0.25) is 0 Å². The van der Waals surface area contributed by atoms with E-state index < -0.39 is 0 Å². The van der Waals surface area contributed by atoms with Gasteiger partial charge in [0.05, 0.1) is 8.66 Å². The van der Waals surface area contributed by atoms with E-state index in [9.17, 15) is 4.79 Å². The molecule has 0 saturated carbocycles. The van der Waals surface area contributed by atoms with Crippen molar-refractivity contribution in [2.75, 3.05) is 19.6 Å². The van der Waals surface area contributed by atoms with Gasteiger partial charge in [0, 0.05) is 13.1 Å². The van der Waals surface area contributed by atoms with Crippen molar-refractivity contribution in [2.24, 2.45) is 5.41 Å². The zero-order valence-corrected chi connectivity index (χ0v) is 12.3. The highest BCUT2D eigenvalue weighted by molar-refractivity contribution is 9.11. The SMILES string of the molecule is CC1(CNC(=O)c2ccc(Br)s2)CCCNC1. The van der Waals surface area contributed by atoms with Gasteiger partial charge in [-0.25, -0.2) is 0 Å². The number of piperidine rings is 1. The lowest BCUT2D eigenvalue weighted by atomic mass is 9.83. The van der Waals surface area contributed by atoms with Crippen LogP contribution in [0.2, 0.25) is 0 Å². The van der Waals surface area contributed by atoms with Crippen LogP contribution < -0.4 is 10.6 Å². The zero-order valence-electron chi connectivity index (χ0n) is 9.88. The molecule has 1 saturated heterocycles. The lowest BCUT2D eigenvalue weighted by molar-refractivity contribution is 0.0929. The van der Waals surface area contributed by atoms with Gasteiger partial charge in [-0.05, 0) is 52.9 Å². The van der Waals surface area contributed by atoms with Crippen molar-refractivity contribution in [3.05, 3.63) is 20.8 Å². The van der Waals surface area contributed by atoms with E-state index in [1.807, 2.05) is 12.1 Å². The average molecular weight is 317 g/mol. The number of hydrogen-bond acceptors (Lipinski definition) is 3. The number of thiophene rings is 1. The molecule has 17 heavy (non-hydrogen) atoms. The molecule has 1 aromatic heterocycles.